The molecule has 2 bridgehead atoms. The number of ether oxygens (including phenoxy) is 4. The molecular weight excluding hydrogens is 493 g/mol. The zero-order chi connectivity index (χ0) is 26.3. The number of carbonyl (C=O) groups is 2. The van der Waals surface area contributed by atoms with Crippen molar-refractivity contribution in [2.75, 3.05) is 58.1 Å². The summed E-state index contributed by atoms with van der Waals surface area (Å²) in [6, 6.07) is 5.62. The molecule has 5 heterocycles. The molecule has 38 heavy (non-hydrogen) atoms. The van der Waals surface area contributed by atoms with Gasteiger partial charge in [-0.25, -0.2) is 14.0 Å². The predicted molar refractivity (Wildman–Crippen MR) is 137 cm³/mol. The average Bonchev–Trinajstić information content (AvgIpc) is 3.60. The smallest absolute Gasteiger partial charge is 0.414 e. The highest BCUT2D eigenvalue weighted by Gasteiger charge is 2.50. The SMILES string of the molecule is COCCOC(=O)N1C2CCC1CC(N1CCC3(CC1)CN(C(=O)O[C@H]1CCOC1)c1ccc(F)cc13)C2. The van der Waals surface area contributed by atoms with Gasteiger partial charge in [0.05, 0.1) is 25.5 Å². The van der Waals surface area contributed by atoms with Gasteiger partial charge in [-0.1, -0.05) is 0 Å². The second kappa shape index (κ2) is 10.6. The topological polar surface area (TPSA) is 80.8 Å². The number of rotatable bonds is 5. The van der Waals surface area contributed by atoms with Crippen LogP contribution in [0.2, 0.25) is 0 Å². The van der Waals surface area contributed by atoms with Crippen LogP contribution in [-0.4, -0.2) is 99.4 Å². The van der Waals surface area contributed by atoms with Gasteiger partial charge >= 0.3 is 12.2 Å². The van der Waals surface area contributed by atoms with E-state index in [2.05, 4.69) is 4.90 Å². The zero-order valence-corrected chi connectivity index (χ0v) is 22.1. The molecule has 9 nitrogen and oxygen atoms in total. The minimum atomic E-state index is -0.367. The van der Waals surface area contributed by atoms with Gasteiger partial charge in [0.25, 0.3) is 0 Å². The van der Waals surface area contributed by atoms with Crippen LogP contribution in [-0.2, 0) is 24.4 Å². The highest BCUT2D eigenvalue weighted by Crippen LogP contribution is 2.49. The number of fused-ring (bicyclic) bond motifs is 4. The van der Waals surface area contributed by atoms with Gasteiger partial charge in [0.1, 0.15) is 18.5 Å². The third-order valence-corrected chi connectivity index (χ3v) is 9.36. The Morgan fingerprint density at radius 2 is 1.82 bits per heavy atom. The molecule has 10 heteroatoms. The summed E-state index contributed by atoms with van der Waals surface area (Å²) in [6.45, 7) is 4.02. The number of piperidine rings is 2. The number of methoxy groups -OCH3 is 1. The molecule has 0 aromatic heterocycles. The molecule has 4 saturated heterocycles. The first-order valence-electron chi connectivity index (χ1n) is 14.0. The second-order valence-electron chi connectivity index (χ2n) is 11.5. The van der Waals surface area contributed by atoms with Crippen LogP contribution < -0.4 is 4.90 Å². The first kappa shape index (κ1) is 25.8. The number of halogens is 1. The van der Waals surface area contributed by atoms with Gasteiger partial charge in [0.15, 0.2) is 0 Å². The Hall–Kier alpha value is -2.43. The van der Waals surface area contributed by atoms with Crippen LogP contribution in [0.15, 0.2) is 18.2 Å². The Morgan fingerprint density at radius 3 is 2.50 bits per heavy atom. The van der Waals surface area contributed by atoms with Crippen molar-refractivity contribution in [2.24, 2.45) is 0 Å². The summed E-state index contributed by atoms with van der Waals surface area (Å²) in [5.41, 5.74) is 1.41. The van der Waals surface area contributed by atoms with Crippen LogP contribution in [0.4, 0.5) is 19.7 Å². The summed E-state index contributed by atoms with van der Waals surface area (Å²) in [4.78, 5) is 32.0. The molecule has 1 spiro atoms. The Morgan fingerprint density at radius 1 is 1.05 bits per heavy atom. The molecule has 4 fully saturated rings. The van der Waals surface area contributed by atoms with Gasteiger partial charge in [-0.05, 0) is 75.4 Å². The summed E-state index contributed by atoms with van der Waals surface area (Å²) in [6.07, 6.45) is 5.57. The zero-order valence-electron chi connectivity index (χ0n) is 22.1. The van der Waals surface area contributed by atoms with Crippen LogP contribution in [0.1, 0.15) is 50.5 Å². The van der Waals surface area contributed by atoms with Crippen molar-refractivity contribution < 1.29 is 32.9 Å². The molecule has 208 valence electrons. The number of nitrogens with zero attached hydrogens (tertiary/aromatic N) is 3. The number of carbonyl (C=O) groups excluding carboxylic acids is 2. The number of anilines is 1. The number of hydrogen-bond donors (Lipinski definition) is 0. The fourth-order valence-corrected chi connectivity index (χ4v) is 7.39. The summed E-state index contributed by atoms with van der Waals surface area (Å²) >= 11 is 0. The highest BCUT2D eigenvalue weighted by molar-refractivity contribution is 5.91. The molecule has 0 saturated carbocycles. The lowest BCUT2D eigenvalue weighted by molar-refractivity contribution is 0.0194. The molecule has 0 aliphatic carbocycles. The van der Waals surface area contributed by atoms with E-state index in [1.54, 1.807) is 24.1 Å². The lowest BCUT2D eigenvalue weighted by Crippen LogP contribution is -2.55. The van der Waals surface area contributed by atoms with Crippen molar-refractivity contribution in [3.05, 3.63) is 29.6 Å². The van der Waals surface area contributed by atoms with E-state index in [-0.39, 0.29) is 48.2 Å². The minimum Gasteiger partial charge on any atom is -0.447 e. The molecule has 1 aromatic carbocycles. The monoisotopic (exact) mass is 531 g/mol. The van der Waals surface area contributed by atoms with Crippen LogP contribution in [0.3, 0.4) is 0 Å². The van der Waals surface area contributed by atoms with Gasteiger partial charge in [-0.3, -0.25) is 4.90 Å². The maximum Gasteiger partial charge on any atom is 0.414 e. The molecule has 3 atom stereocenters. The fourth-order valence-electron chi connectivity index (χ4n) is 7.39. The second-order valence-corrected chi connectivity index (χ2v) is 11.5. The summed E-state index contributed by atoms with van der Waals surface area (Å²) in [5.74, 6) is -0.272. The van der Waals surface area contributed by atoms with E-state index in [0.717, 1.165) is 62.9 Å². The molecule has 1 aromatic rings. The summed E-state index contributed by atoms with van der Waals surface area (Å²) < 4.78 is 35.9. The van der Waals surface area contributed by atoms with Crippen LogP contribution in [0.25, 0.3) is 0 Å². The maximum atomic E-state index is 14.4. The molecule has 5 aliphatic heterocycles. The third-order valence-electron chi connectivity index (χ3n) is 9.36. The average molecular weight is 532 g/mol. The van der Waals surface area contributed by atoms with Crippen molar-refractivity contribution in [3.8, 4) is 0 Å². The molecule has 0 N–H and O–H groups in total. The Balaban J connectivity index is 1.11. The van der Waals surface area contributed by atoms with E-state index >= 15 is 0 Å². The van der Waals surface area contributed by atoms with Crippen LogP contribution in [0, 0.1) is 5.82 Å². The third kappa shape index (κ3) is 4.75. The Bertz CT molecular complexity index is 1030. The number of likely N-dealkylation sites (tertiary alicyclic amines) is 1. The number of amides is 2. The minimum absolute atomic E-state index is 0.216. The summed E-state index contributed by atoms with van der Waals surface area (Å²) in [7, 11) is 1.60. The first-order valence-corrected chi connectivity index (χ1v) is 14.0. The lowest BCUT2D eigenvalue weighted by atomic mass is 9.73. The molecule has 2 unspecified atom stereocenters. The van der Waals surface area contributed by atoms with Crippen LogP contribution in [0.5, 0.6) is 0 Å². The summed E-state index contributed by atoms with van der Waals surface area (Å²) in [5, 5.41) is 0. The lowest BCUT2D eigenvalue weighted by Gasteiger charge is -2.47. The van der Waals surface area contributed by atoms with E-state index in [9.17, 15) is 14.0 Å². The predicted octanol–water partition coefficient (Wildman–Crippen LogP) is 3.68. The number of benzene rings is 1. The molecule has 2 amide bonds. The van der Waals surface area contributed by atoms with Crippen molar-refractivity contribution in [3.63, 3.8) is 0 Å². The van der Waals surface area contributed by atoms with Gasteiger partial charge in [-0.15, -0.1) is 0 Å². The van der Waals surface area contributed by atoms with Crippen LogP contribution >= 0.6 is 0 Å². The van der Waals surface area contributed by atoms with E-state index in [0.29, 0.717) is 38.8 Å². The molecule has 0 radical (unpaired) electrons. The molecule has 6 rings (SSSR count). The van der Waals surface area contributed by atoms with Gasteiger partial charge in [0.2, 0.25) is 0 Å². The number of hydrogen-bond acceptors (Lipinski definition) is 7. The van der Waals surface area contributed by atoms with Gasteiger partial charge < -0.3 is 28.7 Å². The fraction of sp³-hybridized carbons (Fsp3) is 0.714. The quantitative estimate of drug-likeness (QED) is 0.536. The van der Waals surface area contributed by atoms with Gasteiger partial charge in [-0.2, -0.15) is 0 Å². The van der Waals surface area contributed by atoms with Crippen molar-refractivity contribution in [1.29, 1.82) is 0 Å². The first-order chi connectivity index (χ1) is 18.5. The van der Waals surface area contributed by atoms with Gasteiger partial charge in [0, 0.05) is 43.6 Å². The molecule has 5 aliphatic rings. The van der Waals surface area contributed by atoms with Crippen molar-refractivity contribution in [1.82, 2.24) is 9.80 Å². The van der Waals surface area contributed by atoms with Crippen molar-refractivity contribution >= 4 is 17.9 Å². The standard InChI is InChI=1S/C28H38FN3O6/c1-35-12-13-37-27(34)32-20-3-4-21(32)16-22(15-20)30-9-7-28(8-10-30)18-31(25-5-2-19(29)14-24(25)28)26(33)38-23-6-11-36-17-23/h2,5,14,20-23H,3-4,6-13,15-18H2,1H3/t20?,21?,22?,23-/m0/s1. The van der Waals surface area contributed by atoms with Crippen molar-refractivity contribution in [2.45, 2.75) is 74.6 Å². The normalized spacial score (nSPS) is 30.1. The molecular formula is C28H38FN3O6. The Labute approximate surface area is 223 Å². The Kier molecular flexibility index (Phi) is 7.22. The van der Waals surface area contributed by atoms with E-state index in [1.807, 2.05) is 4.90 Å². The van der Waals surface area contributed by atoms with E-state index < -0.39 is 0 Å². The largest absolute Gasteiger partial charge is 0.447 e. The highest BCUT2D eigenvalue weighted by atomic mass is 19.1. The van der Waals surface area contributed by atoms with E-state index in [4.69, 9.17) is 18.9 Å². The van der Waals surface area contributed by atoms with E-state index in [1.165, 1.54) is 6.07 Å². The maximum absolute atomic E-state index is 14.4.